The maximum atomic E-state index is 12.1. The van der Waals surface area contributed by atoms with Crippen molar-refractivity contribution in [1.29, 1.82) is 0 Å². The summed E-state index contributed by atoms with van der Waals surface area (Å²) >= 11 is 0. The van der Waals surface area contributed by atoms with Gasteiger partial charge in [-0.15, -0.1) is 0 Å². The fourth-order valence-electron chi connectivity index (χ4n) is 5.66. The maximum Gasteiger partial charge on any atom is 0.472 e. The van der Waals surface area contributed by atoms with E-state index in [1.807, 2.05) is 0 Å². The molecule has 2 atom stereocenters. The molecule has 9 nitrogen and oxygen atoms in total. The minimum Gasteiger partial charge on any atom is -0.463 e. The molecule has 2 unspecified atom stereocenters. The number of hydrogen-bond donors (Lipinski definition) is 3. The first kappa shape index (κ1) is 55.2. The van der Waals surface area contributed by atoms with Crippen LogP contribution in [0, 0.1) is 0 Å². The fraction of sp³-hybridized carbons (Fsp3) is 0.667. The van der Waals surface area contributed by atoms with Crippen molar-refractivity contribution in [1.82, 2.24) is 5.32 Å². The van der Waals surface area contributed by atoms with Crippen LogP contribution in [-0.4, -0.2) is 54.3 Å². The molecule has 0 heterocycles. The van der Waals surface area contributed by atoms with E-state index < -0.39 is 26.5 Å². The minimum atomic E-state index is -4.43. The average molecular weight is 832 g/mol. The molecule has 0 aliphatic heterocycles. The lowest BCUT2D eigenvalue weighted by atomic mass is 10.1. The van der Waals surface area contributed by atoms with Crippen molar-refractivity contribution < 1.29 is 37.9 Å². The van der Waals surface area contributed by atoms with E-state index in [4.69, 9.17) is 13.8 Å². The quantitative estimate of drug-likeness (QED) is 0.0240. The van der Waals surface area contributed by atoms with Gasteiger partial charge < -0.3 is 20.1 Å². The highest BCUT2D eigenvalue weighted by Crippen LogP contribution is 2.42. The molecule has 0 fully saturated rings. The SMILES string of the molecule is CC/C=C\C/C=C\C/C=C\C/C=C\C/C=C\CCCCCCCCCC(=O)NCCOP(=O)(O)OCC(O)COC(=O)CCCCCCC/C=C\C/C=C\CCCC. The predicted octanol–water partition coefficient (Wildman–Crippen LogP) is 12.8. The van der Waals surface area contributed by atoms with E-state index in [0.717, 1.165) is 103 Å². The van der Waals surface area contributed by atoms with E-state index in [2.05, 4.69) is 104 Å². The van der Waals surface area contributed by atoms with Crippen LogP contribution < -0.4 is 5.32 Å². The molecule has 0 rings (SSSR count). The Labute approximate surface area is 353 Å². The van der Waals surface area contributed by atoms with Crippen LogP contribution in [0.5, 0.6) is 0 Å². The summed E-state index contributed by atoms with van der Waals surface area (Å²) in [5.41, 5.74) is 0. The van der Waals surface area contributed by atoms with Gasteiger partial charge in [-0.2, -0.15) is 0 Å². The normalized spacial score (nSPS) is 14.1. The molecule has 0 aromatic rings. The summed E-state index contributed by atoms with van der Waals surface area (Å²) in [6.45, 7) is 3.35. The number of aliphatic hydroxyl groups is 1. The van der Waals surface area contributed by atoms with Crippen molar-refractivity contribution >= 4 is 19.7 Å². The van der Waals surface area contributed by atoms with Gasteiger partial charge >= 0.3 is 13.8 Å². The topological polar surface area (TPSA) is 131 Å². The number of hydrogen-bond acceptors (Lipinski definition) is 7. The van der Waals surface area contributed by atoms with Crippen LogP contribution in [-0.2, 0) is 27.9 Å². The number of rotatable bonds is 41. The van der Waals surface area contributed by atoms with E-state index in [1.165, 1.54) is 38.5 Å². The minimum absolute atomic E-state index is 0.0684. The molecule has 0 radical (unpaired) electrons. The highest BCUT2D eigenvalue weighted by molar-refractivity contribution is 7.47. The lowest BCUT2D eigenvalue weighted by molar-refractivity contribution is -0.147. The molecule has 1 amide bonds. The van der Waals surface area contributed by atoms with Crippen molar-refractivity contribution in [2.75, 3.05) is 26.4 Å². The number of ether oxygens (including phenoxy) is 1. The summed E-state index contributed by atoms with van der Waals surface area (Å²) in [7, 11) is -4.43. The second-order valence-electron chi connectivity index (χ2n) is 14.6. The van der Waals surface area contributed by atoms with Gasteiger partial charge in [-0.3, -0.25) is 18.6 Å². The van der Waals surface area contributed by atoms with Gasteiger partial charge in [0.1, 0.15) is 12.7 Å². The van der Waals surface area contributed by atoms with Crippen LogP contribution in [0.2, 0.25) is 0 Å². The van der Waals surface area contributed by atoms with Crippen LogP contribution >= 0.6 is 7.82 Å². The van der Waals surface area contributed by atoms with E-state index in [1.54, 1.807) is 0 Å². The summed E-state index contributed by atoms with van der Waals surface area (Å²) in [6, 6.07) is 0. The molecule has 0 aromatic heterocycles. The van der Waals surface area contributed by atoms with Crippen molar-refractivity contribution in [3.8, 4) is 0 Å². The van der Waals surface area contributed by atoms with Crippen molar-refractivity contribution in [2.24, 2.45) is 0 Å². The molecule has 10 heteroatoms. The van der Waals surface area contributed by atoms with Crippen LogP contribution in [0.3, 0.4) is 0 Å². The lowest BCUT2D eigenvalue weighted by Gasteiger charge is -2.15. The Kier molecular flexibility index (Phi) is 41.6. The molecule has 0 aliphatic carbocycles. The Balaban J connectivity index is 3.65. The van der Waals surface area contributed by atoms with Gasteiger partial charge in [0.2, 0.25) is 5.91 Å². The Morgan fingerprint density at radius 2 is 0.983 bits per heavy atom. The molecular weight excluding hydrogens is 750 g/mol. The number of nitrogens with one attached hydrogen (secondary N) is 1. The second kappa shape index (κ2) is 43.8. The number of aliphatic hydroxyl groups excluding tert-OH is 1. The summed E-state index contributed by atoms with van der Waals surface area (Å²) in [6.07, 6.45) is 55.1. The van der Waals surface area contributed by atoms with E-state index in [-0.39, 0.29) is 32.1 Å². The Bertz CT molecular complexity index is 1220. The first-order valence-electron chi connectivity index (χ1n) is 22.6. The number of carbonyl (C=O) groups is 2. The number of phosphoric ester groups is 1. The number of unbranched alkanes of at least 4 members (excludes halogenated alkanes) is 14. The van der Waals surface area contributed by atoms with Crippen LogP contribution in [0.4, 0.5) is 0 Å². The summed E-state index contributed by atoms with van der Waals surface area (Å²) < 4.78 is 26.9. The fourth-order valence-corrected chi connectivity index (χ4v) is 6.41. The Morgan fingerprint density at radius 3 is 1.48 bits per heavy atom. The maximum absolute atomic E-state index is 12.1. The molecule has 0 aliphatic rings. The third-order valence-corrected chi connectivity index (χ3v) is 10.0. The summed E-state index contributed by atoms with van der Waals surface area (Å²) in [5.74, 6) is -0.548. The first-order valence-corrected chi connectivity index (χ1v) is 24.1. The molecule has 0 saturated carbocycles. The highest BCUT2D eigenvalue weighted by Gasteiger charge is 2.23. The van der Waals surface area contributed by atoms with Gasteiger partial charge in [0, 0.05) is 19.4 Å². The zero-order chi connectivity index (χ0) is 42.5. The molecule has 0 spiro atoms. The highest BCUT2D eigenvalue weighted by atomic mass is 31.2. The van der Waals surface area contributed by atoms with Gasteiger partial charge in [0.15, 0.2) is 0 Å². The largest absolute Gasteiger partial charge is 0.472 e. The molecule has 0 aromatic carbocycles. The lowest BCUT2D eigenvalue weighted by Crippen LogP contribution is -2.27. The van der Waals surface area contributed by atoms with E-state index in [9.17, 15) is 24.2 Å². The van der Waals surface area contributed by atoms with Crippen LogP contribution in [0.1, 0.15) is 174 Å². The van der Waals surface area contributed by atoms with Gasteiger partial charge in [0.05, 0.1) is 13.2 Å². The van der Waals surface area contributed by atoms with Gasteiger partial charge in [-0.1, -0.05) is 163 Å². The number of phosphoric acid groups is 1. The van der Waals surface area contributed by atoms with Crippen molar-refractivity contribution in [2.45, 2.75) is 180 Å². The van der Waals surface area contributed by atoms with E-state index in [0.29, 0.717) is 12.8 Å². The number of esters is 1. The number of amides is 1. The van der Waals surface area contributed by atoms with Crippen LogP contribution in [0.25, 0.3) is 0 Å². The van der Waals surface area contributed by atoms with Crippen LogP contribution in [0.15, 0.2) is 85.1 Å². The molecular formula is C48H82NO8P. The van der Waals surface area contributed by atoms with Crippen molar-refractivity contribution in [3.63, 3.8) is 0 Å². The van der Waals surface area contributed by atoms with E-state index >= 15 is 0 Å². The number of allylic oxidation sites excluding steroid dienone is 14. The monoisotopic (exact) mass is 832 g/mol. The molecule has 0 bridgehead atoms. The predicted molar refractivity (Wildman–Crippen MR) is 242 cm³/mol. The summed E-state index contributed by atoms with van der Waals surface area (Å²) in [5, 5.41) is 12.7. The first-order chi connectivity index (χ1) is 28.3. The third-order valence-electron chi connectivity index (χ3n) is 9.06. The van der Waals surface area contributed by atoms with Gasteiger partial charge in [-0.05, 0) is 83.5 Å². The smallest absolute Gasteiger partial charge is 0.463 e. The molecule has 58 heavy (non-hydrogen) atoms. The molecule has 332 valence electrons. The Morgan fingerprint density at radius 1 is 0.552 bits per heavy atom. The van der Waals surface area contributed by atoms with Gasteiger partial charge in [-0.25, -0.2) is 4.57 Å². The van der Waals surface area contributed by atoms with Crippen molar-refractivity contribution in [3.05, 3.63) is 85.1 Å². The summed E-state index contributed by atoms with van der Waals surface area (Å²) in [4.78, 5) is 33.9. The standard InChI is InChI=1S/C48H82NO8P/c1-3-5-7-9-11-13-15-17-19-20-21-22-23-24-25-26-27-28-30-32-34-36-38-40-47(51)49-42-43-56-58(53,54)57-45-46(50)44-55-48(52)41-39-37-35-33-31-29-18-16-14-12-10-8-6-4-2/h5,7,10-13,16-19,21-22,24-25,46,50H,3-4,6,8-9,14-15,20,23,26-45H2,1-2H3,(H,49,51)(H,53,54)/b7-5-,12-10-,13-11-,18-16-,19-17-,22-21-,25-24-. The average Bonchev–Trinajstić information content (AvgIpc) is 3.21. The third kappa shape index (κ3) is 44.3. The van der Waals surface area contributed by atoms with Gasteiger partial charge in [0.25, 0.3) is 0 Å². The molecule has 3 N–H and O–H groups in total. The molecule has 0 saturated heterocycles. The zero-order valence-electron chi connectivity index (χ0n) is 36.5. The second-order valence-corrected chi connectivity index (χ2v) is 16.1. The number of carbonyl (C=O) groups excluding carboxylic acids is 2. The Hall–Kier alpha value is -2.81. The zero-order valence-corrected chi connectivity index (χ0v) is 37.4.